The molecule has 1 saturated heterocycles. The van der Waals surface area contributed by atoms with Gasteiger partial charge in [0.1, 0.15) is 5.82 Å². The molecule has 0 aromatic carbocycles. The molecule has 1 fully saturated rings. The minimum absolute atomic E-state index is 0.0948. The molecule has 0 bridgehead atoms. The second-order valence-electron chi connectivity index (χ2n) is 5.71. The number of nitrogens with zero attached hydrogens (tertiary/aromatic N) is 2. The monoisotopic (exact) mass is 291 g/mol. The minimum Gasteiger partial charge on any atom is -0.372 e. The number of anilines is 1. The molecule has 2 unspecified atom stereocenters. The molecule has 0 radical (unpaired) electrons. The first-order valence-electron chi connectivity index (χ1n) is 7.70. The fraction of sp³-hybridized carbons (Fsp3) is 0.625. The molecule has 2 atom stereocenters. The van der Waals surface area contributed by atoms with E-state index in [0.717, 1.165) is 30.9 Å². The zero-order chi connectivity index (χ0) is 15.2. The Kier molecular flexibility index (Phi) is 5.56. The van der Waals surface area contributed by atoms with Gasteiger partial charge in [-0.1, -0.05) is 13.0 Å². The van der Waals surface area contributed by atoms with Crippen LogP contribution in [0, 0.1) is 0 Å². The average Bonchev–Trinajstić information content (AvgIpc) is 2.45. The highest BCUT2D eigenvalue weighted by Crippen LogP contribution is 2.18. The van der Waals surface area contributed by atoms with Gasteiger partial charge in [0.2, 0.25) is 5.91 Å². The number of rotatable bonds is 5. The van der Waals surface area contributed by atoms with Gasteiger partial charge in [-0.3, -0.25) is 4.79 Å². The van der Waals surface area contributed by atoms with Crippen LogP contribution in [0.3, 0.4) is 0 Å². The Morgan fingerprint density at radius 2 is 2.10 bits per heavy atom. The van der Waals surface area contributed by atoms with E-state index >= 15 is 0 Å². The highest BCUT2D eigenvalue weighted by Gasteiger charge is 2.22. The van der Waals surface area contributed by atoms with Crippen molar-refractivity contribution in [1.82, 2.24) is 10.3 Å². The topological polar surface area (TPSA) is 54.5 Å². The summed E-state index contributed by atoms with van der Waals surface area (Å²) in [6.07, 6.45) is 3.74. The maximum absolute atomic E-state index is 11.4. The van der Waals surface area contributed by atoms with Crippen molar-refractivity contribution in [2.24, 2.45) is 0 Å². The smallest absolute Gasteiger partial charge is 0.220 e. The number of hydrogen-bond donors (Lipinski definition) is 1. The first-order valence-corrected chi connectivity index (χ1v) is 7.70. The lowest BCUT2D eigenvalue weighted by Gasteiger charge is -2.36. The van der Waals surface area contributed by atoms with Crippen molar-refractivity contribution in [3.8, 4) is 0 Å². The van der Waals surface area contributed by atoms with Gasteiger partial charge in [-0.05, 0) is 31.9 Å². The maximum atomic E-state index is 11.4. The third kappa shape index (κ3) is 4.70. The Labute approximate surface area is 126 Å². The molecule has 0 spiro atoms. The lowest BCUT2D eigenvalue weighted by Crippen LogP contribution is -2.45. The first-order chi connectivity index (χ1) is 10.1. The normalized spacial score (nSPS) is 22.1. The molecule has 1 amide bonds. The van der Waals surface area contributed by atoms with Gasteiger partial charge in [0.05, 0.1) is 12.2 Å². The van der Waals surface area contributed by atoms with Gasteiger partial charge in [-0.2, -0.15) is 0 Å². The van der Waals surface area contributed by atoms with Gasteiger partial charge in [-0.15, -0.1) is 0 Å². The van der Waals surface area contributed by atoms with Crippen LogP contribution in [0.15, 0.2) is 18.3 Å². The van der Waals surface area contributed by atoms with Crippen LogP contribution in [0.1, 0.15) is 39.2 Å². The van der Waals surface area contributed by atoms with Crippen LogP contribution in [0.2, 0.25) is 0 Å². The molecular weight excluding hydrogens is 266 g/mol. The molecular formula is C16H25N3O2. The highest BCUT2D eigenvalue weighted by atomic mass is 16.5. The molecule has 5 nitrogen and oxygen atoms in total. The van der Waals surface area contributed by atoms with E-state index in [1.807, 2.05) is 25.3 Å². The summed E-state index contributed by atoms with van der Waals surface area (Å²) in [6.45, 7) is 8.44. The summed E-state index contributed by atoms with van der Waals surface area (Å²) in [5, 5.41) is 2.90. The van der Waals surface area contributed by atoms with Crippen molar-refractivity contribution in [3.63, 3.8) is 0 Å². The number of carbonyl (C=O) groups excluding carboxylic acids is 1. The Morgan fingerprint density at radius 3 is 2.67 bits per heavy atom. The number of pyridine rings is 1. The zero-order valence-corrected chi connectivity index (χ0v) is 13.1. The largest absolute Gasteiger partial charge is 0.372 e. The quantitative estimate of drug-likeness (QED) is 0.903. The lowest BCUT2D eigenvalue weighted by molar-refractivity contribution is -0.121. The van der Waals surface area contributed by atoms with E-state index < -0.39 is 0 Å². The van der Waals surface area contributed by atoms with E-state index in [-0.39, 0.29) is 18.1 Å². The second kappa shape index (κ2) is 7.41. The van der Waals surface area contributed by atoms with E-state index in [9.17, 15) is 4.79 Å². The summed E-state index contributed by atoms with van der Waals surface area (Å²) in [7, 11) is 0. The number of ether oxygens (including phenoxy) is 1. The van der Waals surface area contributed by atoms with Crippen molar-refractivity contribution >= 4 is 11.7 Å². The van der Waals surface area contributed by atoms with Crippen molar-refractivity contribution in [1.29, 1.82) is 0 Å². The number of carbonyl (C=O) groups is 1. The van der Waals surface area contributed by atoms with E-state index in [2.05, 4.69) is 29.0 Å². The molecule has 1 N–H and O–H groups in total. The summed E-state index contributed by atoms with van der Waals surface area (Å²) in [4.78, 5) is 18.2. The third-order valence-corrected chi connectivity index (χ3v) is 3.52. The van der Waals surface area contributed by atoms with Gasteiger partial charge < -0.3 is 15.0 Å². The molecule has 0 saturated carbocycles. The molecule has 2 heterocycles. The van der Waals surface area contributed by atoms with Crippen molar-refractivity contribution in [2.45, 2.75) is 52.4 Å². The van der Waals surface area contributed by atoms with Crippen LogP contribution < -0.4 is 10.2 Å². The van der Waals surface area contributed by atoms with Crippen LogP contribution in [0.5, 0.6) is 0 Å². The van der Waals surface area contributed by atoms with Crippen molar-refractivity contribution < 1.29 is 9.53 Å². The summed E-state index contributed by atoms with van der Waals surface area (Å²) in [5.41, 5.74) is 1.03. The molecule has 2 rings (SSSR count). The Hall–Kier alpha value is -1.62. The van der Waals surface area contributed by atoms with Crippen LogP contribution in [0.4, 0.5) is 5.82 Å². The summed E-state index contributed by atoms with van der Waals surface area (Å²) >= 11 is 0. The number of aromatic nitrogens is 1. The summed E-state index contributed by atoms with van der Waals surface area (Å²) in [5.74, 6) is 1.07. The molecule has 116 valence electrons. The Morgan fingerprint density at radius 1 is 1.38 bits per heavy atom. The van der Waals surface area contributed by atoms with E-state index in [1.54, 1.807) is 0 Å². The van der Waals surface area contributed by atoms with E-state index in [4.69, 9.17) is 4.74 Å². The SMILES string of the molecule is CCCC(=O)NCc1ccc(N2CC(C)OC(C)C2)nc1. The van der Waals surface area contributed by atoms with E-state index in [1.165, 1.54) is 0 Å². The second-order valence-corrected chi connectivity index (χ2v) is 5.71. The van der Waals surface area contributed by atoms with Gasteiger partial charge in [0.25, 0.3) is 0 Å². The van der Waals surface area contributed by atoms with Crippen LogP contribution in [0.25, 0.3) is 0 Å². The number of amides is 1. The van der Waals surface area contributed by atoms with Crippen molar-refractivity contribution in [3.05, 3.63) is 23.9 Å². The van der Waals surface area contributed by atoms with Crippen LogP contribution >= 0.6 is 0 Å². The Bertz CT molecular complexity index is 451. The molecule has 5 heteroatoms. The van der Waals surface area contributed by atoms with Crippen LogP contribution in [-0.4, -0.2) is 36.2 Å². The standard InChI is InChI=1S/C16H25N3O2/c1-4-5-16(20)18-9-14-6-7-15(17-8-14)19-10-12(2)21-13(3)11-19/h6-8,12-13H,4-5,9-11H2,1-3H3,(H,18,20). The van der Waals surface area contributed by atoms with Gasteiger partial charge >= 0.3 is 0 Å². The molecule has 0 aliphatic carbocycles. The molecule has 1 aromatic rings. The van der Waals surface area contributed by atoms with Gasteiger partial charge in [0.15, 0.2) is 0 Å². The molecule has 1 aliphatic heterocycles. The molecule has 1 aliphatic rings. The minimum atomic E-state index is 0.0948. The molecule has 21 heavy (non-hydrogen) atoms. The fourth-order valence-electron chi connectivity index (χ4n) is 2.59. The van der Waals surface area contributed by atoms with Gasteiger partial charge in [0, 0.05) is 32.3 Å². The third-order valence-electron chi connectivity index (χ3n) is 3.52. The maximum Gasteiger partial charge on any atom is 0.220 e. The molecule has 1 aromatic heterocycles. The summed E-state index contributed by atoms with van der Waals surface area (Å²) < 4.78 is 5.73. The number of hydrogen-bond acceptors (Lipinski definition) is 4. The van der Waals surface area contributed by atoms with Gasteiger partial charge in [-0.25, -0.2) is 4.98 Å². The predicted molar refractivity (Wildman–Crippen MR) is 83.2 cm³/mol. The number of morpholine rings is 1. The van der Waals surface area contributed by atoms with E-state index in [0.29, 0.717) is 13.0 Å². The predicted octanol–water partition coefficient (Wildman–Crippen LogP) is 2.11. The summed E-state index contributed by atoms with van der Waals surface area (Å²) in [6, 6.07) is 4.05. The first kappa shape index (κ1) is 15.8. The lowest BCUT2D eigenvalue weighted by atomic mass is 10.2. The van der Waals surface area contributed by atoms with Crippen LogP contribution in [-0.2, 0) is 16.1 Å². The average molecular weight is 291 g/mol. The number of nitrogens with one attached hydrogen (secondary N) is 1. The highest BCUT2D eigenvalue weighted by molar-refractivity contribution is 5.75. The van der Waals surface area contributed by atoms with Crippen molar-refractivity contribution in [2.75, 3.05) is 18.0 Å². The Balaban J connectivity index is 1.91. The zero-order valence-electron chi connectivity index (χ0n) is 13.1. The fourth-order valence-corrected chi connectivity index (χ4v) is 2.59.